The van der Waals surface area contributed by atoms with Crippen molar-refractivity contribution in [1.29, 1.82) is 0 Å². The standard InChI is InChI=1S/C55H60N4O9/c60-48(46-21-23-49(61)52-47(46)22-24-50(62)57-52)16-7-11-38-17-19-42(20-18-38)53(64)56-34-51(63)59-31-27-41(28-32-59)36-67-45-15-8-14-44(33-45)55(66,43-12-5-2-6-13-43)54(65)68-37-40-25-29-58(30-26-40)35-39-9-3-1-4-10-39/h1-6,8-10,12-15,17-24,33,40-41,48,60-61,66H,7,11,16,25-32,34-37H2,(H,56,64)(H,57,62)/t48-,55-/m0/s1. The topological polar surface area (TPSA) is 182 Å². The number of phenols is 1. The number of hydrogen-bond acceptors (Lipinski definition) is 10. The molecule has 0 radical (unpaired) electrons. The quantitative estimate of drug-likeness (QED) is 0.0562. The molecule has 8 rings (SSSR count). The number of carbonyl (C=O) groups is 3. The second-order valence-electron chi connectivity index (χ2n) is 18.1. The third-order valence-corrected chi connectivity index (χ3v) is 13.4. The van der Waals surface area contributed by atoms with Crippen molar-refractivity contribution in [2.45, 2.75) is 63.2 Å². The number of likely N-dealkylation sites (tertiary alicyclic amines) is 2. The van der Waals surface area contributed by atoms with Gasteiger partial charge in [-0.05, 0) is 129 Å². The molecule has 68 heavy (non-hydrogen) atoms. The second-order valence-corrected chi connectivity index (χ2v) is 18.1. The van der Waals surface area contributed by atoms with Gasteiger partial charge >= 0.3 is 5.97 Å². The number of nitrogens with zero attached hydrogens (tertiary/aromatic N) is 2. The van der Waals surface area contributed by atoms with Gasteiger partial charge in [0.25, 0.3) is 5.91 Å². The molecule has 0 spiro atoms. The molecule has 354 valence electrons. The molecule has 1 aromatic heterocycles. The summed E-state index contributed by atoms with van der Waals surface area (Å²) in [5.41, 5.74) is 2.04. The summed E-state index contributed by atoms with van der Waals surface area (Å²) in [6.07, 6.45) is 4.24. The van der Waals surface area contributed by atoms with Crippen molar-refractivity contribution >= 4 is 28.7 Å². The minimum atomic E-state index is -2.04. The van der Waals surface area contributed by atoms with E-state index in [-0.39, 0.29) is 48.1 Å². The summed E-state index contributed by atoms with van der Waals surface area (Å²) in [7, 11) is 0. The number of fused-ring (bicyclic) bond motifs is 1. The van der Waals surface area contributed by atoms with E-state index in [9.17, 15) is 34.5 Å². The highest BCUT2D eigenvalue weighted by atomic mass is 16.5. The van der Waals surface area contributed by atoms with Crippen molar-refractivity contribution in [3.63, 3.8) is 0 Å². The van der Waals surface area contributed by atoms with Gasteiger partial charge in [0.15, 0.2) is 0 Å². The van der Waals surface area contributed by atoms with E-state index < -0.39 is 17.7 Å². The maximum atomic E-state index is 13.9. The molecule has 2 atom stereocenters. The molecule has 5 N–H and O–H groups in total. The van der Waals surface area contributed by atoms with Crippen LogP contribution in [-0.2, 0) is 32.9 Å². The van der Waals surface area contributed by atoms with Gasteiger partial charge in [0, 0.05) is 42.2 Å². The Morgan fingerprint density at radius 2 is 1.43 bits per heavy atom. The molecule has 2 aliphatic heterocycles. The first-order valence-electron chi connectivity index (χ1n) is 23.7. The number of hydrogen-bond donors (Lipinski definition) is 5. The average molecular weight is 921 g/mol. The van der Waals surface area contributed by atoms with E-state index in [0.717, 1.165) is 50.9 Å². The summed E-state index contributed by atoms with van der Waals surface area (Å²) < 4.78 is 12.2. The first kappa shape index (κ1) is 47.7. The summed E-state index contributed by atoms with van der Waals surface area (Å²) in [5, 5.41) is 36.6. The minimum absolute atomic E-state index is 0.0555. The highest BCUT2D eigenvalue weighted by Gasteiger charge is 2.42. The Balaban J connectivity index is 0.762. The van der Waals surface area contributed by atoms with Crippen LogP contribution in [0.2, 0.25) is 0 Å². The van der Waals surface area contributed by atoms with Crippen LogP contribution in [0.1, 0.15) is 82.8 Å². The van der Waals surface area contributed by atoms with E-state index >= 15 is 0 Å². The smallest absolute Gasteiger partial charge is 0.347 e. The predicted octanol–water partition coefficient (Wildman–Crippen LogP) is 7.03. The lowest BCUT2D eigenvalue weighted by Gasteiger charge is -2.33. The van der Waals surface area contributed by atoms with Gasteiger partial charge < -0.3 is 40.0 Å². The van der Waals surface area contributed by atoms with Crippen molar-refractivity contribution in [2.75, 3.05) is 45.9 Å². The van der Waals surface area contributed by atoms with Crippen LogP contribution in [0.5, 0.6) is 11.5 Å². The van der Waals surface area contributed by atoms with Gasteiger partial charge in [-0.3, -0.25) is 19.3 Å². The number of carbonyl (C=O) groups excluding carboxylic acids is 3. The number of esters is 1. The van der Waals surface area contributed by atoms with E-state index in [1.165, 1.54) is 17.7 Å². The third-order valence-electron chi connectivity index (χ3n) is 13.4. The first-order chi connectivity index (χ1) is 33.0. The summed E-state index contributed by atoms with van der Waals surface area (Å²) in [6.45, 7) is 4.29. The molecule has 0 saturated carbocycles. The molecular formula is C55H60N4O9. The molecular weight excluding hydrogens is 861 g/mol. The number of aromatic nitrogens is 1. The SMILES string of the molecule is O=C(NCC(=O)N1CCC(COc2cccc([C@](O)(C(=O)OCC3CCN(Cc4ccccc4)CC3)c3ccccc3)c2)CC1)c1ccc(CCC[C@H](O)c2ccc(O)c3[nH]c(=O)ccc23)cc1. The van der Waals surface area contributed by atoms with Gasteiger partial charge in [-0.2, -0.15) is 0 Å². The van der Waals surface area contributed by atoms with Crippen LogP contribution in [-0.4, -0.2) is 93.8 Å². The van der Waals surface area contributed by atoms with Crippen LogP contribution in [0.25, 0.3) is 10.9 Å². The number of rotatable bonds is 18. The van der Waals surface area contributed by atoms with Crippen LogP contribution in [0, 0.1) is 11.8 Å². The number of nitrogens with one attached hydrogen (secondary N) is 2. The number of pyridine rings is 1. The molecule has 0 unspecified atom stereocenters. The Labute approximate surface area is 396 Å². The number of aromatic hydroxyl groups is 1. The maximum Gasteiger partial charge on any atom is 0.347 e. The molecule has 13 nitrogen and oxygen atoms in total. The fourth-order valence-electron chi connectivity index (χ4n) is 9.30. The van der Waals surface area contributed by atoms with E-state index in [2.05, 4.69) is 39.5 Å². The molecule has 2 fully saturated rings. The molecule has 2 amide bonds. The van der Waals surface area contributed by atoms with E-state index in [0.29, 0.717) is 77.9 Å². The van der Waals surface area contributed by atoms with E-state index in [1.807, 2.05) is 24.3 Å². The lowest BCUT2D eigenvalue weighted by molar-refractivity contribution is -0.164. The fourth-order valence-corrected chi connectivity index (χ4v) is 9.30. The zero-order valence-corrected chi connectivity index (χ0v) is 38.2. The lowest BCUT2D eigenvalue weighted by atomic mass is 9.86. The molecule has 0 bridgehead atoms. The highest BCUT2D eigenvalue weighted by molar-refractivity contribution is 5.96. The molecule has 2 saturated heterocycles. The van der Waals surface area contributed by atoms with Crippen LogP contribution < -0.4 is 15.6 Å². The third kappa shape index (κ3) is 11.8. The van der Waals surface area contributed by atoms with Gasteiger partial charge in [0.05, 0.1) is 31.4 Å². The monoisotopic (exact) mass is 920 g/mol. The molecule has 3 heterocycles. The van der Waals surface area contributed by atoms with Crippen LogP contribution >= 0.6 is 0 Å². The Bertz CT molecular complexity index is 2700. The fraction of sp³-hybridized carbons (Fsp3) is 0.345. The van der Waals surface area contributed by atoms with E-state index in [4.69, 9.17) is 9.47 Å². The number of benzene rings is 5. The first-order valence-corrected chi connectivity index (χ1v) is 23.7. The van der Waals surface area contributed by atoms with Crippen LogP contribution in [0.15, 0.2) is 138 Å². The zero-order chi connectivity index (χ0) is 47.5. The Kier molecular flexibility index (Phi) is 15.7. The van der Waals surface area contributed by atoms with Gasteiger partial charge in [-0.15, -0.1) is 0 Å². The van der Waals surface area contributed by atoms with Crippen molar-refractivity contribution in [3.05, 3.63) is 177 Å². The summed E-state index contributed by atoms with van der Waals surface area (Å²) in [4.78, 5) is 58.6. The Morgan fingerprint density at radius 3 is 2.16 bits per heavy atom. The predicted molar refractivity (Wildman–Crippen MR) is 259 cm³/mol. The number of ether oxygens (including phenoxy) is 2. The van der Waals surface area contributed by atoms with Crippen molar-refractivity contribution in [2.24, 2.45) is 11.8 Å². The Hall–Kier alpha value is -6.80. The van der Waals surface area contributed by atoms with Crippen molar-refractivity contribution in [3.8, 4) is 11.5 Å². The summed E-state index contributed by atoms with van der Waals surface area (Å²) in [6, 6.07) is 39.5. The number of amides is 2. The van der Waals surface area contributed by atoms with Gasteiger partial charge in [-0.25, -0.2) is 4.79 Å². The maximum absolute atomic E-state index is 13.9. The van der Waals surface area contributed by atoms with E-state index in [1.54, 1.807) is 77.7 Å². The molecule has 2 aliphatic rings. The zero-order valence-electron chi connectivity index (χ0n) is 38.2. The van der Waals surface area contributed by atoms with Crippen LogP contribution in [0.4, 0.5) is 0 Å². The largest absolute Gasteiger partial charge is 0.506 e. The second kappa shape index (κ2) is 22.3. The van der Waals surface area contributed by atoms with Gasteiger partial charge in [0.1, 0.15) is 11.5 Å². The summed E-state index contributed by atoms with van der Waals surface area (Å²) in [5.74, 6) is -0.378. The molecule has 5 aromatic carbocycles. The number of aryl methyl sites for hydroxylation is 1. The normalized spacial score (nSPS) is 16.2. The Morgan fingerprint density at radius 1 is 0.750 bits per heavy atom. The number of piperidine rings is 2. The average Bonchev–Trinajstić information content (AvgIpc) is 3.38. The number of aromatic amines is 1. The lowest BCUT2D eigenvalue weighted by Crippen LogP contribution is -2.44. The number of H-pyrrole nitrogens is 1. The number of aliphatic hydroxyl groups is 2. The van der Waals surface area contributed by atoms with Crippen molar-refractivity contribution < 1.29 is 39.2 Å². The molecule has 13 heteroatoms. The van der Waals surface area contributed by atoms with Crippen molar-refractivity contribution in [1.82, 2.24) is 20.1 Å². The number of aliphatic hydroxyl groups excluding tert-OH is 1. The van der Waals surface area contributed by atoms with Gasteiger partial charge in [0.2, 0.25) is 17.1 Å². The minimum Gasteiger partial charge on any atom is -0.506 e. The highest BCUT2D eigenvalue weighted by Crippen LogP contribution is 2.35. The number of phenolic OH excluding ortho intramolecular Hbond substituents is 1. The summed E-state index contributed by atoms with van der Waals surface area (Å²) >= 11 is 0. The molecule has 6 aromatic rings. The molecule has 0 aliphatic carbocycles. The van der Waals surface area contributed by atoms with Crippen LogP contribution in [0.3, 0.4) is 0 Å². The van der Waals surface area contributed by atoms with Gasteiger partial charge in [-0.1, -0.05) is 91.0 Å².